The number of piperidine rings is 1. The van der Waals surface area contributed by atoms with Crippen LogP contribution in [0.5, 0.6) is 17.2 Å². The zero-order valence-electron chi connectivity index (χ0n) is 26.4. The molecule has 0 aliphatic carbocycles. The number of carbonyl (C=O) groups is 2. The first kappa shape index (κ1) is 34.3. The smallest absolute Gasteiger partial charge is 0.493 e. The van der Waals surface area contributed by atoms with Crippen LogP contribution in [0.4, 0.5) is 18.0 Å². The number of carbonyl (C=O) groups excluding carboxylic acids is 1. The number of carboxylic acids is 1. The fourth-order valence-corrected chi connectivity index (χ4v) is 4.93. The van der Waals surface area contributed by atoms with Crippen LogP contribution < -0.4 is 14.2 Å². The van der Waals surface area contributed by atoms with Gasteiger partial charge in [-0.15, -0.1) is 0 Å². The van der Waals surface area contributed by atoms with Crippen LogP contribution in [0.3, 0.4) is 0 Å². The molecule has 3 heterocycles. The average molecular weight is 647 g/mol. The van der Waals surface area contributed by atoms with Gasteiger partial charge in [0, 0.05) is 27.4 Å². The molecule has 11 nitrogen and oxygen atoms in total. The molecule has 14 heteroatoms. The van der Waals surface area contributed by atoms with Gasteiger partial charge in [-0.05, 0) is 103 Å². The van der Waals surface area contributed by atoms with E-state index in [2.05, 4.69) is 22.1 Å². The Labute approximate surface area is 263 Å². The lowest BCUT2D eigenvalue weighted by Crippen LogP contribution is -2.32. The lowest BCUT2D eigenvalue weighted by Gasteiger charge is -2.29. The number of H-pyrrole nitrogens is 1. The Hall–Kier alpha value is -4.59. The zero-order chi connectivity index (χ0) is 33.8. The van der Waals surface area contributed by atoms with Gasteiger partial charge in [-0.3, -0.25) is 5.10 Å². The molecule has 5 rings (SSSR count). The van der Waals surface area contributed by atoms with Gasteiger partial charge >= 0.3 is 18.3 Å². The summed E-state index contributed by atoms with van der Waals surface area (Å²) in [5, 5.41) is 17.5. The molecule has 1 fully saturated rings. The second-order valence-corrected chi connectivity index (χ2v) is 12.0. The van der Waals surface area contributed by atoms with E-state index < -0.39 is 23.9 Å². The van der Waals surface area contributed by atoms with Gasteiger partial charge in [0.25, 0.3) is 0 Å². The van der Waals surface area contributed by atoms with E-state index in [1.54, 1.807) is 40.0 Å². The number of nitrogens with zero attached hydrogens (tertiary/aromatic N) is 3. The van der Waals surface area contributed by atoms with E-state index in [1.165, 1.54) is 0 Å². The minimum Gasteiger partial charge on any atom is -0.493 e. The molecule has 2 aromatic heterocycles. The molecular weight excluding hydrogens is 609 g/mol. The second kappa shape index (κ2) is 13.8. The van der Waals surface area contributed by atoms with Crippen molar-refractivity contribution in [1.82, 2.24) is 20.1 Å². The van der Waals surface area contributed by atoms with Crippen LogP contribution in [-0.4, -0.2) is 82.9 Å². The molecule has 0 saturated carbocycles. The molecule has 2 aromatic carbocycles. The molecule has 248 valence electrons. The van der Waals surface area contributed by atoms with Gasteiger partial charge in [0.1, 0.15) is 11.4 Å². The molecule has 0 unspecified atom stereocenters. The summed E-state index contributed by atoms with van der Waals surface area (Å²) in [5.41, 5.74) is 2.51. The van der Waals surface area contributed by atoms with Crippen LogP contribution in [0.2, 0.25) is 0 Å². The van der Waals surface area contributed by atoms with E-state index in [0.29, 0.717) is 35.4 Å². The molecule has 2 N–H and O–H groups in total. The number of hydrogen-bond donors (Lipinski definition) is 2. The number of ether oxygens (including phenoxy) is 4. The van der Waals surface area contributed by atoms with Crippen molar-refractivity contribution in [3.63, 3.8) is 0 Å². The molecule has 0 spiro atoms. The van der Waals surface area contributed by atoms with Crippen LogP contribution in [0.15, 0.2) is 36.4 Å². The van der Waals surface area contributed by atoms with Gasteiger partial charge in [0.15, 0.2) is 17.1 Å². The van der Waals surface area contributed by atoms with Crippen molar-refractivity contribution >= 4 is 33.9 Å². The van der Waals surface area contributed by atoms with E-state index in [0.717, 1.165) is 59.0 Å². The molecular formula is C32H37F3N4O7. The lowest BCUT2D eigenvalue weighted by atomic mass is 9.98. The number of aliphatic carboxylic acids is 1. The third-order valence-corrected chi connectivity index (χ3v) is 7.25. The first-order valence-corrected chi connectivity index (χ1v) is 14.5. The van der Waals surface area contributed by atoms with Crippen LogP contribution >= 0.6 is 0 Å². The summed E-state index contributed by atoms with van der Waals surface area (Å²) in [7, 11) is 3.82. The van der Waals surface area contributed by atoms with Gasteiger partial charge in [0.2, 0.25) is 0 Å². The standard InChI is InChI=1S/C30H36N4O5.C2HF3O2/c1-18-26-22-15-25(37-17-19-11-13-34(5)14-12-19)24(36-6)16-23(22)27(31-28(26)33-32-18)20-7-9-21(10-8-20)38-29(35)39-30(2,3)4;3-2(4,5)1(6)7/h7-10,15-16,19H,11-14,17H2,1-6H3,(H,31,32,33);(H,6,7). The van der Waals surface area contributed by atoms with Crippen LogP contribution in [0.1, 0.15) is 39.3 Å². The monoisotopic (exact) mass is 646 g/mol. The Morgan fingerprint density at radius 3 is 2.22 bits per heavy atom. The number of likely N-dealkylation sites (tertiary alicyclic amines) is 1. The van der Waals surface area contributed by atoms with Crippen molar-refractivity contribution in [3.05, 3.63) is 42.1 Å². The van der Waals surface area contributed by atoms with E-state index in [1.807, 2.05) is 31.2 Å². The fraction of sp³-hybridized carbons (Fsp3) is 0.438. The number of aromatic amines is 1. The number of fused-ring (bicyclic) bond motifs is 3. The average Bonchev–Trinajstić information content (AvgIpc) is 3.35. The molecule has 0 radical (unpaired) electrons. The second-order valence-electron chi connectivity index (χ2n) is 12.0. The predicted octanol–water partition coefficient (Wildman–Crippen LogP) is 6.76. The Balaban J connectivity index is 0.000000617. The maximum absolute atomic E-state index is 12.1. The van der Waals surface area contributed by atoms with Gasteiger partial charge in [0.05, 0.1) is 19.4 Å². The molecule has 4 aromatic rings. The van der Waals surface area contributed by atoms with E-state index >= 15 is 0 Å². The Morgan fingerprint density at radius 2 is 1.65 bits per heavy atom. The summed E-state index contributed by atoms with van der Waals surface area (Å²) >= 11 is 0. The summed E-state index contributed by atoms with van der Waals surface area (Å²) in [6, 6.07) is 11.2. The molecule has 0 bridgehead atoms. The highest BCUT2D eigenvalue weighted by atomic mass is 19.4. The molecule has 1 aliphatic rings. The van der Waals surface area contributed by atoms with Crippen molar-refractivity contribution in [2.45, 2.75) is 52.3 Å². The number of carboxylic acid groups (broad SMARTS) is 1. The Bertz CT molecular complexity index is 1690. The Morgan fingerprint density at radius 1 is 1.04 bits per heavy atom. The minimum absolute atomic E-state index is 0.385. The van der Waals surface area contributed by atoms with Gasteiger partial charge in [-0.2, -0.15) is 18.3 Å². The van der Waals surface area contributed by atoms with Crippen molar-refractivity contribution < 1.29 is 46.8 Å². The van der Waals surface area contributed by atoms with Crippen molar-refractivity contribution in [2.24, 2.45) is 5.92 Å². The summed E-state index contributed by atoms with van der Waals surface area (Å²) in [6.45, 7) is 10.2. The largest absolute Gasteiger partial charge is 0.514 e. The third-order valence-electron chi connectivity index (χ3n) is 7.25. The minimum atomic E-state index is -5.08. The molecule has 0 amide bonds. The lowest BCUT2D eigenvalue weighted by molar-refractivity contribution is -0.192. The van der Waals surface area contributed by atoms with E-state index in [9.17, 15) is 18.0 Å². The summed E-state index contributed by atoms with van der Waals surface area (Å²) in [5.74, 6) is -0.483. The molecule has 1 saturated heterocycles. The van der Waals surface area contributed by atoms with Crippen LogP contribution in [0, 0.1) is 12.8 Å². The first-order chi connectivity index (χ1) is 21.6. The summed E-state index contributed by atoms with van der Waals surface area (Å²) in [6.07, 6.45) is -3.58. The number of aryl methyl sites for hydroxylation is 1. The number of benzene rings is 2. The quantitative estimate of drug-likeness (QED) is 0.171. The highest BCUT2D eigenvalue weighted by Crippen LogP contribution is 2.40. The number of methoxy groups -OCH3 is 1. The zero-order valence-corrected chi connectivity index (χ0v) is 26.4. The maximum Gasteiger partial charge on any atom is 0.514 e. The Kier molecular flexibility index (Phi) is 10.3. The number of nitrogens with one attached hydrogen (secondary N) is 1. The molecule has 1 aliphatic heterocycles. The molecule has 0 atom stereocenters. The van der Waals surface area contributed by atoms with E-state index in [-0.39, 0.29) is 0 Å². The van der Waals surface area contributed by atoms with Crippen LogP contribution in [-0.2, 0) is 9.53 Å². The number of alkyl halides is 3. The summed E-state index contributed by atoms with van der Waals surface area (Å²) in [4.78, 5) is 28.2. The molecule has 46 heavy (non-hydrogen) atoms. The number of rotatable bonds is 6. The maximum atomic E-state index is 12.1. The predicted molar refractivity (Wildman–Crippen MR) is 164 cm³/mol. The fourth-order valence-electron chi connectivity index (χ4n) is 4.93. The van der Waals surface area contributed by atoms with E-state index in [4.69, 9.17) is 33.8 Å². The van der Waals surface area contributed by atoms with Gasteiger partial charge < -0.3 is 29.0 Å². The number of aromatic nitrogens is 3. The highest BCUT2D eigenvalue weighted by Gasteiger charge is 2.38. The number of halogens is 3. The number of hydrogen-bond acceptors (Lipinski definition) is 9. The third kappa shape index (κ3) is 8.56. The van der Waals surface area contributed by atoms with Gasteiger partial charge in [-0.25, -0.2) is 14.6 Å². The number of pyridine rings is 1. The first-order valence-electron chi connectivity index (χ1n) is 14.5. The van der Waals surface area contributed by atoms with Crippen molar-refractivity contribution in [3.8, 4) is 28.5 Å². The normalized spacial score (nSPS) is 14.5. The highest BCUT2D eigenvalue weighted by molar-refractivity contribution is 6.12. The topological polar surface area (TPSA) is 136 Å². The summed E-state index contributed by atoms with van der Waals surface area (Å²) < 4.78 is 54.5. The van der Waals surface area contributed by atoms with Crippen molar-refractivity contribution in [2.75, 3.05) is 33.9 Å². The van der Waals surface area contributed by atoms with Crippen molar-refractivity contribution in [1.29, 1.82) is 0 Å². The van der Waals surface area contributed by atoms with Crippen LogP contribution in [0.25, 0.3) is 33.1 Å². The SMILES string of the molecule is COc1cc2c(-c3ccc(OC(=O)OC(C)(C)C)cc3)nc3n[nH]c(C)c3c2cc1OCC1CCN(C)CC1.O=C(O)C(F)(F)F. The van der Waals surface area contributed by atoms with Gasteiger partial charge in [-0.1, -0.05) is 0 Å².